The zero-order chi connectivity index (χ0) is 21.3. The first-order chi connectivity index (χ1) is 14.4. The van der Waals surface area contributed by atoms with E-state index in [1.54, 1.807) is 41.3 Å². The van der Waals surface area contributed by atoms with Crippen molar-refractivity contribution in [2.24, 2.45) is 5.92 Å². The first kappa shape index (κ1) is 20.0. The summed E-state index contributed by atoms with van der Waals surface area (Å²) in [7, 11) is 0. The standard InChI is InChI=1S/C24H21F2NO3/c25-17-5-1-15(2-6-17)22(29)14-13-21-23(16-3-11-20(28)12-4-16)27(24(21)30)19-9-7-18(26)8-10-19/h1-12,21-23,28-29H,13-14H2/t21-,22-,23+/m0/s1. The van der Waals surface area contributed by atoms with E-state index in [4.69, 9.17) is 0 Å². The lowest BCUT2D eigenvalue weighted by Crippen LogP contribution is -2.55. The number of rotatable bonds is 6. The summed E-state index contributed by atoms with van der Waals surface area (Å²) < 4.78 is 26.4. The van der Waals surface area contributed by atoms with E-state index in [0.717, 1.165) is 5.56 Å². The van der Waals surface area contributed by atoms with Crippen molar-refractivity contribution >= 4 is 11.6 Å². The number of hydrogen-bond donors (Lipinski definition) is 2. The number of phenols is 1. The van der Waals surface area contributed by atoms with Crippen molar-refractivity contribution in [2.45, 2.75) is 25.0 Å². The molecule has 0 spiro atoms. The topological polar surface area (TPSA) is 60.8 Å². The summed E-state index contributed by atoms with van der Waals surface area (Å²) in [6, 6.07) is 17.7. The molecule has 0 saturated carbocycles. The van der Waals surface area contributed by atoms with Gasteiger partial charge in [-0.15, -0.1) is 0 Å². The minimum absolute atomic E-state index is 0.106. The third kappa shape index (κ3) is 3.91. The summed E-state index contributed by atoms with van der Waals surface area (Å²) in [6.45, 7) is 0. The van der Waals surface area contributed by atoms with Crippen LogP contribution in [-0.4, -0.2) is 16.1 Å². The van der Waals surface area contributed by atoms with Gasteiger partial charge in [-0.3, -0.25) is 4.79 Å². The summed E-state index contributed by atoms with van der Waals surface area (Å²) in [6.07, 6.45) is -0.0344. The minimum Gasteiger partial charge on any atom is -0.508 e. The number of halogens is 2. The maximum Gasteiger partial charge on any atom is 0.233 e. The Morgan fingerprint density at radius 2 is 1.43 bits per heavy atom. The van der Waals surface area contributed by atoms with Gasteiger partial charge in [-0.1, -0.05) is 24.3 Å². The normalized spacial score (nSPS) is 19.4. The van der Waals surface area contributed by atoms with Crippen LogP contribution in [0.25, 0.3) is 0 Å². The molecule has 2 N–H and O–H groups in total. The van der Waals surface area contributed by atoms with Crippen molar-refractivity contribution in [3.05, 3.63) is 95.6 Å². The summed E-state index contributed by atoms with van der Waals surface area (Å²) >= 11 is 0. The van der Waals surface area contributed by atoms with Gasteiger partial charge in [0.25, 0.3) is 0 Å². The van der Waals surface area contributed by atoms with E-state index >= 15 is 0 Å². The van der Waals surface area contributed by atoms with Crippen molar-refractivity contribution in [3.63, 3.8) is 0 Å². The third-order valence-corrected chi connectivity index (χ3v) is 5.56. The van der Waals surface area contributed by atoms with Crippen molar-refractivity contribution in [1.82, 2.24) is 0 Å². The lowest BCUT2D eigenvalue weighted by molar-refractivity contribution is -0.131. The fourth-order valence-electron chi connectivity index (χ4n) is 3.96. The maximum absolute atomic E-state index is 13.3. The second-order valence-electron chi connectivity index (χ2n) is 7.47. The monoisotopic (exact) mass is 409 g/mol. The molecule has 6 heteroatoms. The Morgan fingerprint density at radius 1 is 0.867 bits per heavy atom. The molecular weight excluding hydrogens is 388 g/mol. The molecule has 3 atom stereocenters. The number of hydrogen-bond acceptors (Lipinski definition) is 3. The number of carbonyl (C=O) groups is 1. The molecular formula is C24H21F2NO3. The predicted molar refractivity (Wildman–Crippen MR) is 109 cm³/mol. The van der Waals surface area contributed by atoms with E-state index in [0.29, 0.717) is 24.1 Å². The molecule has 4 nitrogen and oxygen atoms in total. The van der Waals surface area contributed by atoms with Gasteiger partial charge in [-0.05, 0) is 72.5 Å². The van der Waals surface area contributed by atoms with Crippen molar-refractivity contribution in [2.75, 3.05) is 4.90 Å². The van der Waals surface area contributed by atoms with E-state index in [-0.39, 0.29) is 35.3 Å². The fraction of sp³-hybridized carbons (Fsp3) is 0.208. The molecule has 1 aliphatic rings. The van der Waals surface area contributed by atoms with Gasteiger partial charge in [0.05, 0.1) is 18.1 Å². The molecule has 0 unspecified atom stereocenters. The van der Waals surface area contributed by atoms with Crippen molar-refractivity contribution in [3.8, 4) is 5.75 Å². The van der Waals surface area contributed by atoms with Crippen LogP contribution >= 0.6 is 0 Å². The highest BCUT2D eigenvalue weighted by atomic mass is 19.1. The van der Waals surface area contributed by atoms with Crippen LogP contribution in [0.5, 0.6) is 5.75 Å². The van der Waals surface area contributed by atoms with E-state index in [2.05, 4.69) is 0 Å². The highest BCUT2D eigenvalue weighted by molar-refractivity contribution is 6.03. The van der Waals surface area contributed by atoms with Crippen LogP contribution in [0.4, 0.5) is 14.5 Å². The Hall–Kier alpha value is -3.25. The zero-order valence-corrected chi connectivity index (χ0v) is 16.1. The lowest BCUT2D eigenvalue weighted by Gasteiger charge is -2.48. The average molecular weight is 409 g/mol. The molecule has 1 saturated heterocycles. The second-order valence-corrected chi connectivity index (χ2v) is 7.47. The number of phenolic OH excluding ortho intramolecular Hbond substituents is 1. The maximum atomic E-state index is 13.3. The number of benzene rings is 3. The van der Waals surface area contributed by atoms with Gasteiger partial charge in [-0.2, -0.15) is 0 Å². The van der Waals surface area contributed by atoms with Gasteiger partial charge in [0.15, 0.2) is 0 Å². The van der Waals surface area contributed by atoms with Crippen molar-refractivity contribution < 1.29 is 23.8 Å². The summed E-state index contributed by atoms with van der Waals surface area (Å²) in [5.41, 5.74) is 2.03. The van der Waals surface area contributed by atoms with E-state index < -0.39 is 6.10 Å². The molecule has 1 aliphatic heterocycles. The van der Waals surface area contributed by atoms with Gasteiger partial charge in [-0.25, -0.2) is 8.78 Å². The lowest BCUT2D eigenvalue weighted by atomic mass is 9.78. The zero-order valence-electron chi connectivity index (χ0n) is 16.1. The number of amides is 1. The largest absolute Gasteiger partial charge is 0.508 e. The first-order valence-electron chi connectivity index (χ1n) is 9.75. The molecule has 1 amide bonds. The Labute approximate surface area is 173 Å². The van der Waals surface area contributed by atoms with Gasteiger partial charge < -0.3 is 15.1 Å². The van der Waals surface area contributed by atoms with Gasteiger partial charge in [0, 0.05) is 5.69 Å². The number of aliphatic hydroxyl groups excluding tert-OH is 1. The van der Waals surface area contributed by atoms with Crippen LogP contribution in [0.1, 0.15) is 36.1 Å². The first-order valence-corrected chi connectivity index (χ1v) is 9.75. The average Bonchev–Trinajstić information content (AvgIpc) is 2.74. The molecule has 154 valence electrons. The highest BCUT2D eigenvalue weighted by Gasteiger charge is 2.48. The Morgan fingerprint density at radius 3 is 2.03 bits per heavy atom. The van der Waals surface area contributed by atoms with Crippen LogP contribution < -0.4 is 4.90 Å². The summed E-state index contributed by atoms with van der Waals surface area (Å²) in [5, 5.41) is 20.1. The number of β-lactam (4-membered cyclic amide) rings is 1. The molecule has 0 aliphatic carbocycles. The Balaban J connectivity index is 1.55. The summed E-state index contributed by atoms with van der Waals surface area (Å²) in [4.78, 5) is 14.6. The molecule has 0 bridgehead atoms. The van der Waals surface area contributed by atoms with Crippen LogP contribution in [0.2, 0.25) is 0 Å². The number of anilines is 1. The number of nitrogens with zero attached hydrogens (tertiary/aromatic N) is 1. The van der Waals surface area contributed by atoms with Crippen LogP contribution in [0.15, 0.2) is 72.8 Å². The Bertz CT molecular complexity index is 1020. The third-order valence-electron chi connectivity index (χ3n) is 5.56. The molecule has 3 aromatic rings. The fourth-order valence-corrected chi connectivity index (χ4v) is 3.96. The van der Waals surface area contributed by atoms with Crippen LogP contribution in [-0.2, 0) is 4.79 Å². The number of aliphatic hydroxyl groups is 1. The van der Waals surface area contributed by atoms with E-state index in [1.165, 1.54) is 36.4 Å². The Kier molecular flexibility index (Phi) is 5.50. The minimum atomic E-state index is -0.807. The number of carbonyl (C=O) groups excluding carboxylic acids is 1. The van der Waals surface area contributed by atoms with Gasteiger partial charge in [0.1, 0.15) is 17.4 Å². The molecule has 0 radical (unpaired) electrons. The summed E-state index contributed by atoms with van der Waals surface area (Å²) in [5.74, 6) is -1.10. The second kappa shape index (κ2) is 8.24. The molecule has 3 aromatic carbocycles. The van der Waals surface area contributed by atoms with E-state index in [1.807, 2.05) is 0 Å². The highest BCUT2D eigenvalue weighted by Crippen LogP contribution is 2.46. The smallest absolute Gasteiger partial charge is 0.233 e. The molecule has 30 heavy (non-hydrogen) atoms. The van der Waals surface area contributed by atoms with Gasteiger partial charge >= 0.3 is 0 Å². The quantitative estimate of drug-likeness (QED) is 0.570. The molecule has 4 rings (SSSR count). The molecule has 1 heterocycles. The molecule has 1 fully saturated rings. The SMILES string of the molecule is O=C1[C@@H](CC[C@H](O)c2ccc(F)cc2)[C@@H](c2ccc(O)cc2)N1c1ccc(F)cc1. The van der Waals surface area contributed by atoms with Gasteiger partial charge in [0.2, 0.25) is 5.91 Å². The van der Waals surface area contributed by atoms with Crippen LogP contribution in [0, 0.1) is 17.6 Å². The predicted octanol–water partition coefficient (Wildman–Crippen LogP) is 4.89. The van der Waals surface area contributed by atoms with Crippen LogP contribution in [0.3, 0.4) is 0 Å². The number of aromatic hydroxyl groups is 1. The molecule has 0 aromatic heterocycles. The van der Waals surface area contributed by atoms with Crippen molar-refractivity contribution in [1.29, 1.82) is 0 Å². The van der Waals surface area contributed by atoms with E-state index in [9.17, 15) is 23.8 Å².